The summed E-state index contributed by atoms with van der Waals surface area (Å²) in [5.41, 5.74) is 1.08. The summed E-state index contributed by atoms with van der Waals surface area (Å²) in [7, 11) is 0. The molecule has 0 radical (unpaired) electrons. The Balaban J connectivity index is 1.64. The highest BCUT2D eigenvalue weighted by molar-refractivity contribution is 6.30. The summed E-state index contributed by atoms with van der Waals surface area (Å²) in [6.07, 6.45) is 0. The standard InChI is InChI=1S/C19H19ClN2O4/c1-2-22(19(24)13-3-5-14(20)6-4-13)12-18(23)21-15-7-8-16-17(11-15)26-10-9-25-16/h3-8,11H,2,9-10,12H2,1H3,(H,21,23). The van der Waals surface area contributed by atoms with Gasteiger partial charge < -0.3 is 19.7 Å². The van der Waals surface area contributed by atoms with Crippen molar-refractivity contribution in [2.24, 2.45) is 0 Å². The number of halogens is 1. The molecule has 0 fully saturated rings. The molecule has 0 bridgehead atoms. The molecule has 0 saturated heterocycles. The van der Waals surface area contributed by atoms with Crippen molar-refractivity contribution in [1.82, 2.24) is 4.90 Å². The number of fused-ring (bicyclic) bond motifs is 1. The van der Waals surface area contributed by atoms with Gasteiger partial charge >= 0.3 is 0 Å². The SMILES string of the molecule is CCN(CC(=O)Nc1ccc2c(c1)OCCO2)C(=O)c1ccc(Cl)cc1. The summed E-state index contributed by atoms with van der Waals surface area (Å²) >= 11 is 5.85. The van der Waals surface area contributed by atoms with Gasteiger partial charge in [-0.25, -0.2) is 0 Å². The van der Waals surface area contributed by atoms with Gasteiger partial charge in [0, 0.05) is 28.9 Å². The molecule has 7 heteroatoms. The van der Waals surface area contributed by atoms with Crippen molar-refractivity contribution in [2.75, 3.05) is 31.6 Å². The first-order chi connectivity index (χ1) is 12.6. The highest BCUT2D eigenvalue weighted by Gasteiger charge is 2.18. The van der Waals surface area contributed by atoms with E-state index in [1.165, 1.54) is 4.90 Å². The third-order valence-corrected chi connectivity index (χ3v) is 4.17. The molecule has 1 aliphatic rings. The number of carbonyl (C=O) groups excluding carboxylic acids is 2. The maximum absolute atomic E-state index is 12.5. The molecule has 1 heterocycles. The smallest absolute Gasteiger partial charge is 0.254 e. The molecule has 0 aliphatic carbocycles. The number of carbonyl (C=O) groups is 2. The predicted octanol–water partition coefficient (Wildman–Crippen LogP) is 3.21. The molecule has 2 aromatic rings. The van der Waals surface area contributed by atoms with Gasteiger partial charge in [0.25, 0.3) is 5.91 Å². The Kier molecular flexibility index (Phi) is 5.63. The Labute approximate surface area is 156 Å². The van der Waals surface area contributed by atoms with Crippen LogP contribution in [0, 0.1) is 0 Å². The molecule has 2 aromatic carbocycles. The predicted molar refractivity (Wildman–Crippen MR) is 99.1 cm³/mol. The van der Waals surface area contributed by atoms with Crippen LogP contribution in [-0.4, -0.2) is 43.0 Å². The van der Waals surface area contributed by atoms with E-state index in [2.05, 4.69) is 5.32 Å². The summed E-state index contributed by atoms with van der Waals surface area (Å²) in [4.78, 5) is 26.3. The average molecular weight is 375 g/mol. The van der Waals surface area contributed by atoms with Gasteiger partial charge in [-0.05, 0) is 43.3 Å². The second kappa shape index (κ2) is 8.10. The Bertz CT molecular complexity index is 808. The topological polar surface area (TPSA) is 67.9 Å². The van der Waals surface area contributed by atoms with Crippen LogP contribution in [0.5, 0.6) is 11.5 Å². The van der Waals surface area contributed by atoms with Crippen LogP contribution in [0.4, 0.5) is 5.69 Å². The van der Waals surface area contributed by atoms with E-state index in [0.29, 0.717) is 47.5 Å². The molecule has 26 heavy (non-hydrogen) atoms. The van der Waals surface area contributed by atoms with E-state index < -0.39 is 0 Å². The molecule has 136 valence electrons. The Morgan fingerprint density at radius 3 is 2.46 bits per heavy atom. The van der Waals surface area contributed by atoms with Crippen LogP contribution in [0.3, 0.4) is 0 Å². The van der Waals surface area contributed by atoms with Gasteiger partial charge in [-0.15, -0.1) is 0 Å². The van der Waals surface area contributed by atoms with Gasteiger partial charge in [-0.3, -0.25) is 9.59 Å². The number of benzene rings is 2. The quantitative estimate of drug-likeness (QED) is 0.872. The van der Waals surface area contributed by atoms with Gasteiger partial charge in [0.15, 0.2) is 11.5 Å². The summed E-state index contributed by atoms with van der Waals surface area (Å²) in [6, 6.07) is 11.8. The molecule has 0 spiro atoms. The molecule has 0 unspecified atom stereocenters. The highest BCUT2D eigenvalue weighted by atomic mass is 35.5. The van der Waals surface area contributed by atoms with Crippen LogP contribution in [0.2, 0.25) is 5.02 Å². The summed E-state index contributed by atoms with van der Waals surface area (Å²) < 4.78 is 11.0. The minimum absolute atomic E-state index is 0.0492. The van der Waals surface area contributed by atoms with E-state index >= 15 is 0 Å². The first kappa shape index (κ1) is 18.1. The lowest BCUT2D eigenvalue weighted by atomic mass is 10.2. The van der Waals surface area contributed by atoms with Gasteiger partial charge in [0.2, 0.25) is 5.91 Å². The summed E-state index contributed by atoms with van der Waals surface area (Å²) in [5.74, 6) is 0.744. The fourth-order valence-corrected chi connectivity index (χ4v) is 2.72. The van der Waals surface area contributed by atoms with Crippen molar-refractivity contribution in [2.45, 2.75) is 6.92 Å². The monoisotopic (exact) mass is 374 g/mol. The molecule has 2 amide bonds. The number of hydrogen-bond donors (Lipinski definition) is 1. The van der Waals surface area contributed by atoms with Crippen molar-refractivity contribution >= 4 is 29.1 Å². The summed E-state index contributed by atoms with van der Waals surface area (Å²) in [6.45, 7) is 3.17. The minimum atomic E-state index is -0.286. The van der Waals surface area contributed by atoms with Crippen LogP contribution >= 0.6 is 11.6 Å². The third-order valence-electron chi connectivity index (χ3n) is 3.92. The van der Waals surface area contributed by atoms with Crippen LogP contribution in [0.25, 0.3) is 0 Å². The molecular formula is C19H19ClN2O4. The Morgan fingerprint density at radius 2 is 1.77 bits per heavy atom. The van der Waals surface area contributed by atoms with Crippen LogP contribution in [0.15, 0.2) is 42.5 Å². The number of ether oxygens (including phenoxy) is 2. The average Bonchev–Trinajstić information content (AvgIpc) is 2.66. The first-order valence-corrected chi connectivity index (χ1v) is 8.69. The summed E-state index contributed by atoms with van der Waals surface area (Å²) in [5, 5.41) is 3.34. The number of anilines is 1. The molecule has 6 nitrogen and oxygen atoms in total. The number of likely N-dealkylation sites (N-methyl/N-ethyl adjacent to an activating group) is 1. The van der Waals surface area contributed by atoms with E-state index in [0.717, 1.165) is 0 Å². The van der Waals surface area contributed by atoms with Crippen molar-refractivity contribution in [1.29, 1.82) is 0 Å². The zero-order valence-corrected chi connectivity index (χ0v) is 15.1. The van der Waals surface area contributed by atoms with Gasteiger partial charge in [0.1, 0.15) is 19.8 Å². The van der Waals surface area contributed by atoms with Crippen molar-refractivity contribution < 1.29 is 19.1 Å². The molecule has 0 saturated carbocycles. The first-order valence-electron chi connectivity index (χ1n) is 8.31. The van der Waals surface area contributed by atoms with Crippen LogP contribution in [-0.2, 0) is 4.79 Å². The van der Waals surface area contributed by atoms with Gasteiger partial charge in [-0.2, -0.15) is 0 Å². The van der Waals surface area contributed by atoms with E-state index in [-0.39, 0.29) is 18.4 Å². The minimum Gasteiger partial charge on any atom is -0.486 e. The van der Waals surface area contributed by atoms with Gasteiger partial charge in [-0.1, -0.05) is 11.6 Å². The molecule has 0 aromatic heterocycles. The van der Waals surface area contributed by atoms with Crippen molar-refractivity contribution in [3.8, 4) is 11.5 Å². The molecule has 3 rings (SSSR count). The number of amides is 2. The second-order valence-electron chi connectivity index (χ2n) is 5.73. The Morgan fingerprint density at radius 1 is 1.08 bits per heavy atom. The Hall–Kier alpha value is -2.73. The zero-order valence-electron chi connectivity index (χ0n) is 14.3. The van der Waals surface area contributed by atoms with E-state index in [9.17, 15) is 9.59 Å². The van der Waals surface area contributed by atoms with Crippen LogP contribution < -0.4 is 14.8 Å². The maximum Gasteiger partial charge on any atom is 0.254 e. The molecular weight excluding hydrogens is 356 g/mol. The largest absolute Gasteiger partial charge is 0.486 e. The second-order valence-corrected chi connectivity index (χ2v) is 6.17. The lowest BCUT2D eigenvalue weighted by molar-refractivity contribution is -0.116. The number of nitrogens with one attached hydrogen (secondary N) is 1. The van der Waals surface area contributed by atoms with Gasteiger partial charge in [0.05, 0.1) is 0 Å². The zero-order chi connectivity index (χ0) is 18.5. The lowest BCUT2D eigenvalue weighted by Crippen LogP contribution is -2.37. The van der Waals surface area contributed by atoms with Crippen LogP contribution in [0.1, 0.15) is 17.3 Å². The fraction of sp³-hybridized carbons (Fsp3) is 0.263. The van der Waals surface area contributed by atoms with Crippen molar-refractivity contribution in [3.05, 3.63) is 53.1 Å². The fourth-order valence-electron chi connectivity index (χ4n) is 2.60. The normalized spacial score (nSPS) is 12.4. The lowest BCUT2D eigenvalue weighted by Gasteiger charge is -2.21. The van der Waals surface area contributed by atoms with E-state index in [1.54, 1.807) is 42.5 Å². The van der Waals surface area contributed by atoms with Crippen molar-refractivity contribution in [3.63, 3.8) is 0 Å². The maximum atomic E-state index is 12.5. The highest BCUT2D eigenvalue weighted by Crippen LogP contribution is 2.32. The third kappa shape index (κ3) is 4.26. The van der Waals surface area contributed by atoms with E-state index in [1.807, 2.05) is 6.92 Å². The molecule has 0 atom stereocenters. The van der Waals surface area contributed by atoms with E-state index in [4.69, 9.17) is 21.1 Å². The number of hydrogen-bond acceptors (Lipinski definition) is 4. The number of nitrogens with zero attached hydrogens (tertiary/aromatic N) is 1. The molecule has 1 aliphatic heterocycles. The molecule has 1 N–H and O–H groups in total. The number of rotatable bonds is 5.